The fourth-order valence-electron chi connectivity index (χ4n) is 2.90. The van der Waals surface area contributed by atoms with Crippen molar-refractivity contribution in [3.05, 3.63) is 97.1 Å². The predicted octanol–water partition coefficient (Wildman–Crippen LogP) is 8.30. The molecule has 0 aliphatic heterocycles. The molecule has 0 unspecified atom stereocenters. The first kappa shape index (κ1) is 20.3. The van der Waals surface area contributed by atoms with Crippen LogP contribution in [0.2, 0.25) is 0 Å². The number of rotatable bonds is 3. The van der Waals surface area contributed by atoms with Gasteiger partial charge in [0.15, 0.2) is 0 Å². The van der Waals surface area contributed by atoms with Crippen molar-refractivity contribution in [1.29, 1.82) is 0 Å². The number of anilines is 2. The van der Waals surface area contributed by atoms with Crippen LogP contribution in [0, 0.1) is 0 Å². The minimum absolute atomic E-state index is 1.10. The molecule has 0 aromatic heterocycles. The standard InChI is InChI=1S/C22H17N.2C2H6/c1-2-9-19(10-3-1)23-20-15-13-18(14-16-20)22-12-6-8-17-7-4-5-11-21(17)22;2*1-2/h1-16,23H;2*1-2H3. The van der Waals surface area contributed by atoms with Crippen LogP contribution >= 0.6 is 0 Å². The van der Waals surface area contributed by atoms with Gasteiger partial charge >= 0.3 is 0 Å². The molecule has 0 amide bonds. The molecule has 0 heterocycles. The highest BCUT2D eigenvalue weighted by molar-refractivity contribution is 5.96. The third-order valence-corrected chi connectivity index (χ3v) is 4.05. The average Bonchev–Trinajstić information content (AvgIpc) is 2.77. The Labute approximate surface area is 163 Å². The Balaban J connectivity index is 0.000000614. The van der Waals surface area contributed by atoms with E-state index in [0.717, 1.165) is 11.4 Å². The second kappa shape index (κ2) is 10.8. The summed E-state index contributed by atoms with van der Waals surface area (Å²) in [7, 11) is 0. The van der Waals surface area contributed by atoms with Crippen LogP contribution in [0.4, 0.5) is 11.4 Å². The third kappa shape index (κ3) is 5.21. The van der Waals surface area contributed by atoms with Crippen LogP contribution in [0.1, 0.15) is 27.7 Å². The van der Waals surface area contributed by atoms with Crippen molar-refractivity contribution in [1.82, 2.24) is 0 Å². The lowest BCUT2D eigenvalue weighted by Crippen LogP contribution is -1.89. The summed E-state index contributed by atoms with van der Waals surface area (Å²) in [5.41, 5.74) is 4.71. The zero-order chi connectivity index (χ0) is 19.5. The van der Waals surface area contributed by atoms with Gasteiger partial charge in [-0.05, 0) is 46.2 Å². The highest BCUT2D eigenvalue weighted by Gasteiger charge is 2.03. The van der Waals surface area contributed by atoms with Gasteiger partial charge in [0.2, 0.25) is 0 Å². The summed E-state index contributed by atoms with van der Waals surface area (Å²) in [5.74, 6) is 0. The number of hydrogen-bond acceptors (Lipinski definition) is 1. The van der Waals surface area contributed by atoms with E-state index < -0.39 is 0 Å². The van der Waals surface area contributed by atoms with Crippen molar-refractivity contribution in [2.45, 2.75) is 27.7 Å². The van der Waals surface area contributed by atoms with Gasteiger partial charge in [-0.15, -0.1) is 0 Å². The second-order valence-electron chi connectivity index (χ2n) is 5.60. The van der Waals surface area contributed by atoms with Gasteiger partial charge in [-0.25, -0.2) is 0 Å². The lowest BCUT2D eigenvalue weighted by atomic mass is 9.98. The minimum Gasteiger partial charge on any atom is -0.356 e. The van der Waals surface area contributed by atoms with E-state index in [2.05, 4.69) is 84.2 Å². The van der Waals surface area contributed by atoms with Crippen LogP contribution in [0.15, 0.2) is 97.1 Å². The molecular weight excluding hydrogens is 326 g/mol. The molecule has 1 N–H and O–H groups in total. The van der Waals surface area contributed by atoms with E-state index in [1.54, 1.807) is 0 Å². The third-order valence-electron chi connectivity index (χ3n) is 4.05. The van der Waals surface area contributed by atoms with Crippen molar-refractivity contribution < 1.29 is 0 Å². The normalized spacial score (nSPS) is 9.48. The molecule has 27 heavy (non-hydrogen) atoms. The average molecular weight is 356 g/mol. The molecule has 4 rings (SSSR count). The van der Waals surface area contributed by atoms with Crippen molar-refractivity contribution in [3.63, 3.8) is 0 Å². The van der Waals surface area contributed by atoms with Crippen molar-refractivity contribution in [2.75, 3.05) is 5.32 Å². The fraction of sp³-hybridized carbons (Fsp3) is 0.154. The zero-order valence-corrected chi connectivity index (χ0v) is 16.7. The largest absolute Gasteiger partial charge is 0.356 e. The van der Waals surface area contributed by atoms with Crippen molar-refractivity contribution in [3.8, 4) is 11.1 Å². The Morgan fingerprint density at radius 1 is 0.481 bits per heavy atom. The van der Waals surface area contributed by atoms with E-state index >= 15 is 0 Å². The topological polar surface area (TPSA) is 12.0 Å². The van der Waals surface area contributed by atoms with Gasteiger partial charge in [0.1, 0.15) is 0 Å². The van der Waals surface area contributed by atoms with Crippen molar-refractivity contribution in [2.24, 2.45) is 0 Å². The van der Waals surface area contributed by atoms with E-state index in [9.17, 15) is 0 Å². The van der Waals surface area contributed by atoms with E-state index in [-0.39, 0.29) is 0 Å². The molecule has 0 radical (unpaired) electrons. The summed E-state index contributed by atoms with van der Waals surface area (Å²) in [5, 5.41) is 5.98. The molecule has 4 aromatic carbocycles. The van der Waals surface area contributed by atoms with Gasteiger partial charge in [-0.2, -0.15) is 0 Å². The number of benzene rings is 4. The molecule has 0 bridgehead atoms. The molecule has 0 atom stereocenters. The minimum atomic E-state index is 1.10. The highest BCUT2D eigenvalue weighted by Crippen LogP contribution is 2.29. The van der Waals surface area contributed by atoms with Crippen LogP contribution in [0.5, 0.6) is 0 Å². The summed E-state index contributed by atoms with van der Waals surface area (Å²) in [4.78, 5) is 0. The molecule has 4 aromatic rings. The summed E-state index contributed by atoms with van der Waals surface area (Å²) in [6, 6.07) is 33.8. The predicted molar refractivity (Wildman–Crippen MR) is 122 cm³/mol. The molecule has 0 fully saturated rings. The quantitative estimate of drug-likeness (QED) is 0.389. The Bertz CT molecular complexity index is 920. The Morgan fingerprint density at radius 3 is 1.74 bits per heavy atom. The van der Waals surface area contributed by atoms with Crippen LogP contribution in [-0.2, 0) is 0 Å². The van der Waals surface area contributed by atoms with Crippen LogP contribution in [0.3, 0.4) is 0 Å². The molecular formula is C26H29N. The summed E-state index contributed by atoms with van der Waals surface area (Å²) >= 11 is 0. The number of para-hydroxylation sites is 1. The molecule has 1 heteroatoms. The first-order valence-corrected chi connectivity index (χ1v) is 9.80. The summed E-state index contributed by atoms with van der Waals surface area (Å²) in [6.45, 7) is 8.00. The smallest absolute Gasteiger partial charge is 0.0384 e. The molecule has 0 saturated heterocycles. The number of nitrogens with one attached hydrogen (secondary N) is 1. The lowest BCUT2D eigenvalue weighted by Gasteiger charge is -2.09. The van der Waals surface area contributed by atoms with Gasteiger partial charge in [0.25, 0.3) is 0 Å². The molecule has 138 valence electrons. The van der Waals surface area contributed by atoms with E-state index in [1.807, 2.05) is 45.9 Å². The highest BCUT2D eigenvalue weighted by atomic mass is 14.9. The van der Waals surface area contributed by atoms with Crippen LogP contribution in [0.25, 0.3) is 21.9 Å². The van der Waals surface area contributed by atoms with E-state index in [0.29, 0.717) is 0 Å². The first-order chi connectivity index (χ1) is 13.4. The maximum absolute atomic E-state index is 3.42. The van der Waals surface area contributed by atoms with Crippen LogP contribution < -0.4 is 5.32 Å². The molecule has 1 nitrogen and oxygen atoms in total. The summed E-state index contributed by atoms with van der Waals surface area (Å²) < 4.78 is 0. The fourth-order valence-corrected chi connectivity index (χ4v) is 2.90. The van der Waals surface area contributed by atoms with Crippen LogP contribution in [-0.4, -0.2) is 0 Å². The zero-order valence-electron chi connectivity index (χ0n) is 16.7. The van der Waals surface area contributed by atoms with Gasteiger partial charge in [-0.1, -0.05) is 100 Å². The molecule has 0 spiro atoms. The Hall–Kier alpha value is -3.06. The van der Waals surface area contributed by atoms with Crippen molar-refractivity contribution >= 4 is 22.1 Å². The summed E-state index contributed by atoms with van der Waals surface area (Å²) in [6.07, 6.45) is 0. The Morgan fingerprint density at radius 2 is 1.04 bits per heavy atom. The van der Waals surface area contributed by atoms with E-state index in [1.165, 1.54) is 21.9 Å². The maximum Gasteiger partial charge on any atom is 0.0384 e. The number of fused-ring (bicyclic) bond motifs is 1. The van der Waals surface area contributed by atoms with Gasteiger partial charge in [0, 0.05) is 11.4 Å². The number of hydrogen-bond donors (Lipinski definition) is 1. The van der Waals surface area contributed by atoms with E-state index in [4.69, 9.17) is 0 Å². The SMILES string of the molecule is CC.CC.c1ccc(Nc2ccc(-c3cccc4ccccc34)cc2)cc1. The molecule has 0 aliphatic rings. The Kier molecular flexibility index (Phi) is 8.12. The molecule has 0 aliphatic carbocycles. The van der Waals surface area contributed by atoms with Gasteiger partial charge in [-0.3, -0.25) is 0 Å². The second-order valence-corrected chi connectivity index (χ2v) is 5.60. The molecule has 0 saturated carbocycles. The lowest BCUT2D eigenvalue weighted by molar-refractivity contribution is 1.50. The van der Waals surface area contributed by atoms with Gasteiger partial charge in [0.05, 0.1) is 0 Å². The monoisotopic (exact) mass is 355 g/mol. The first-order valence-electron chi connectivity index (χ1n) is 9.80. The van der Waals surface area contributed by atoms with Gasteiger partial charge < -0.3 is 5.32 Å². The maximum atomic E-state index is 3.42.